The minimum absolute atomic E-state index is 0.199. The van der Waals surface area contributed by atoms with E-state index in [-0.39, 0.29) is 22.4 Å². The summed E-state index contributed by atoms with van der Waals surface area (Å²) in [4.78, 5) is 12.5. The third-order valence-electron chi connectivity index (χ3n) is 4.26. The fraction of sp³-hybridized carbons (Fsp3) is 0.0500. The number of aromatic nitrogens is 4. The molecule has 0 bridgehead atoms. The molecule has 0 atom stereocenters. The molecule has 0 aliphatic rings. The molecule has 0 unspecified atom stereocenters. The van der Waals surface area contributed by atoms with Crippen LogP contribution in [0.1, 0.15) is 16.1 Å². The lowest BCUT2D eigenvalue weighted by Gasteiger charge is -2.05. The Balaban J connectivity index is 1.48. The number of carbonyl (C=O) groups is 1. The molecule has 10 heteroatoms. The molecule has 1 amide bonds. The highest BCUT2D eigenvalue weighted by atomic mass is 35.5. The Hall–Kier alpha value is -2.87. The second kappa shape index (κ2) is 8.47. The Labute approximate surface area is 185 Å². The van der Waals surface area contributed by atoms with Crippen molar-refractivity contribution in [1.82, 2.24) is 20.0 Å². The maximum atomic E-state index is 13.1. The van der Waals surface area contributed by atoms with E-state index in [1.54, 1.807) is 47.3 Å². The molecule has 2 N–H and O–H groups in total. The number of nitrogens with zero attached hydrogens (tertiary/aromatic N) is 3. The van der Waals surface area contributed by atoms with E-state index in [9.17, 15) is 9.18 Å². The maximum Gasteiger partial charge on any atom is 0.274 e. The maximum absolute atomic E-state index is 13.1. The Bertz CT molecular complexity index is 1220. The van der Waals surface area contributed by atoms with Gasteiger partial charge in [-0.05, 0) is 48.0 Å². The van der Waals surface area contributed by atoms with Gasteiger partial charge in [-0.1, -0.05) is 40.9 Å². The van der Waals surface area contributed by atoms with Crippen molar-refractivity contribution in [2.45, 2.75) is 6.54 Å². The van der Waals surface area contributed by atoms with Crippen LogP contribution < -0.4 is 5.32 Å². The van der Waals surface area contributed by atoms with Gasteiger partial charge in [-0.15, -0.1) is 0 Å². The SMILES string of the molecule is O=C(Nc1nn(Cc2ccc(Cl)cc2Cl)cc1Cl)c1cc(-c2ccc(F)cc2)n[nH]1. The van der Waals surface area contributed by atoms with Crippen LogP contribution in [0.5, 0.6) is 0 Å². The molecular weight excluding hydrogens is 452 g/mol. The van der Waals surface area contributed by atoms with Gasteiger partial charge >= 0.3 is 0 Å². The topological polar surface area (TPSA) is 75.6 Å². The van der Waals surface area contributed by atoms with Crippen molar-refractivity contribution in [1.29, 1.82) is 0 Å². The van der Waals surface area contributed by atoms with Gasteiger partial charge in [0.2, 0.25) is 0 Å². The highest BCUT2D eigenvalue weighted by Crippen LogP contribution is 2.25. The molecule has 0 aliphatic carbocycles. The Morgan fingerprint density at radius 1 is 1.07 bits per heavy atom. The predicted molar refractivity (Wildman–Crippen MR) is 115 cm³/mol. The van der Waals surface area contributed by atoms with E-state index < -0.39 is 5.91 Å². The van der Waals surface area contributed by atoms with E-state index >= 15 is 0 Å². The van der Waals surface area contributed by atoms with Crippen molar-refractivity contribution in [3.63, 3.8) is 0 Å². The summed E-state index contributed by atoms with van der Waals surface area (Å²) in [7, 11) is 0. The number of amides is 1. The summed E-state index contributed by atoms with van der Waals surface area (Å²) >= 11 is 18.3. The molecule has 0 radical (unpaired) electrons. The molecule has 0 spiro atoms. The molecule has 6 nitrogen and oxygen atoms in total. The normalized spacial score (nSPS) is 10.9. The molecule has 152 valence electrons. The molecule has 2 aromatic carbocycles. The van der Waals surface area contributed by atoms with Crippen LogP contribution in [0, 0.1) is 5.82 Å². The van der Waals surface area contributed by atoms with Gasteiger partial charge < -0.3 is 5.32 Å². The summed E-state index contributed by atoms with van der Waals surface area (Å²) in [6, 6.07) is 12.5. The van der Waals surface area contributed by atoms with E-state index in [1.807, 2.05) is 0 Å². The van der Waals surface area contributed by atoms with Crippen molar-refractivity contribution in [3.05, 3.63) is 86.9 Å². The van der Waals surface area contributed by atoms with Gasteiger partial charge in [-0.2, -0.15) is 10.2 Å². The number of benzene rings is 2. The van der Waals surface area contributed by atoms with Crippen LogP contribution in [0.25, 0.3) is 11.3 Å². The molecule has 0 fully saturated rings. The fourth-order valence-electron chi connectivity index (χ4n) is 2.77. The highest BCUT2D eigenvalue weighted by molar-refractivity contribution is 6.35. The average molecular weight is 465 g/mol. The summed E-state index contributed by atoms with van der Waals surface area (Å²) in [5.74, 6) is -0.616. The Morgan fingerprint density at radius 3 is 2.57 bits per heavy atom. The summed E-state index contributed by atoms with van der Waals surface area (Å²) in [5.41, 5.74) is 2.19. The van der Waals surface area contributed by atoms with Crippen LogP contribution in [0.15, 0.2) is 54.7 Å². The number of hydrogen-bond donors (Lipinski definition) is 2. The monoisotopic (exact) mass is 463 g/mol. The zero-order valence-corrected chi connectivity index (χ0v) is 17.4. The van der Waals surface area contributed by atoms with E-state index in [2.05, 4.69) is 20.6 Å². The zero-order valence-electron chi connectivity index (χ0n) is 15.2. The van der Waals surface area contributed by atoms with Gasteiger partial charge in [-0.25, -0.2) is 4.39 Å². The molecule has 0 saturated carbocycles. The number of aromatic amines is 1. The first kappa shape index (κ1) is 20.4. The Kier molecular flexibility index (Phi) is 5.76. The summed E-state index contributed by atoms with van der Waals surface area (Å²) < 4.78 is 14.6. The van der Waals surface area contributed by atoms with E-state index in [4.69, 9.17) is 34.8 Å². The van der Waals surface area contributed by atoms with Crippen molar-refractivity contribution in [2.75, 3.05) is 5.32 Å². The van der Waals surface area contributed by atoms with Crippen LogP contribution in [0.3, 0.4) is 0 Å². The van der Waals surface area contributed by atoms with Gasteiger partial charge in [0.25, 0.3) is 5.91 Å². The molecule has 0 aliphatic heterocycles. The Morgan fingerprint density at radius 2 is 1.83 bits per heavy atom. The number of hydrogen-bond acceptors (Lipinski definition) is 3. The summed E-state index contributed by atoms with van der Waals surface area (Å²) in [5, 5.41) is 15.0. The zero-order chi connectivity index (χ0) is 21.3. The largest absolute Gasteiger partial charge is 0.302 e. The third-order valence-corrected chi connectivity index (χ3v) is 5.12. The van der Waals surface area contributed by atoms with E-state index in [0.717, 1.165) is 5.56 Å². The molecular formula is C20H13Cl3FN5O. The van der Waals surface area contributed by atoms with E-state index in [1.165, 1.54) is 12.1 Å². The summed E-state index contributed by atoms with van der Waals surface area (Å²) in [6.45, 7) is 0.352. The lowest BCUT2D eigenvalue weighted by molar-refractivity contribution is 0.102. The smallest absolute Gasteiger partial charge is 0.274 e. The highest BCUT2D eigenvalue weighted by Gasteiger charge is 2.16. The molecule has 30 heavy (non-hydrogen) atoms. The van der Waals surface area contributed by atoms with Crippen molar-refractivity contribution >= 4 is 46.5 Å². The van der Waals surface area contributed by atoms with Crippen LogP contribution in [0.4, 0.5) is 10.2 Å². The van der Waals surface area contributed by atoms with Gasteiger partial charge in [0.05, 0.1) is 12.2 Å². The molecule has 2 heterocycles. The van der Waals surface area contributed by atoms with Crippen LogP contribution in [0.2, 0.25) is 15.1 Å². The minimum atomic E-state index is -0.465. The van der Waals surface area contributed by atoms with Gasteiger partial charge in [0.1, 0.15) is 16.5 Å². The predicted octanol–water partition coefficient (Wildman–Crippen LogP) is 5.67. The molecule has 4 rings (SSSR count). The van der Waals surface area contributed by atoms with Crippen LogP contribution in [-0.4, -0.2) is 25.9 Å². The van der Waals surface area contributed by atoms with Gasteiger partial charge in [0.15, 0.2) is 5.82 Å². The lowest BCUT2D eigenvalue weighted by atomic mass is 10.1. The third kappa shape index (κ3) is 4.48. The van der Waals surface area contributed by atoms with Crippen molar-refractivity contribution in [3.8, 4) is 11.3 Å². The molecule has 4 aromatic rings. The van der Waals surface area contributed by atoms with Crippen LogP contribution >= 0.6 is 34.8 Å². The van der Waals surface area contributed by atoms with Crippen molar-refractivity contribution < 1.29 is 9.18 Å². The summed E-state index contributed by atoms with van der Waals surface area (Å²) in [6.07, 6.45) is 1.58. The van der Waals surface area contributed by atoms with Crippen LogP contribution in [-0.2, 0) is 6.54 Å². The minimum Gasteiger partial charge on any atom is -0.302 e. The first-order valence-electron chi connectivity index (χ1n) is 8.68. The lowest BCUT2D eigenvalue weighted by Crippen LogP contribution is -2.13. The number of H-pyrrole nitrogens is 1. The molecule has 2 aromatic heterocycles. The number of carbonyl (C=O) groups excluding carboxylic acids is 1. The first-order chi connectivity index (χ1) is 14.4. The number of nitrogens with one attached hydrogen (secondary N) is 2. The van der Waals surface area contributed by atoms with Gasteiger partial charge in [0, 0.05) is 21.8 Å². The molecule has 0 saturated heterocycles. The second-order valence-electron chi connectivity index (χ2n) is 6.39. The van der Waals surface area contributed by atoms with E-state index in [0.29, 0.717) is 27.8 Å². The first-order valence-corrected chi connectivity index (χ1v) is 9.82. The van der Waals surface area contributed by atoms with Gasteiger partial charge in [-0.3, -0.25) is 14.6 Å². The second-order valence-corrected chi connectivity index (χ2v) is 7.64. The quantitative estimate of drug-likeness (QED) is 0.399. The number of rotatable bonds is 5. The number of halogens is 4. The average Bonchev–Trinajstić information content (AvgIpc) is 3.32. The fourth-order valence-corrected chi connectivity index (χ4v) is 3.43. The van der Waals surface area contributed by atoms with Crippen molar-refractivity contribution in [2.24, 2.45) is 0 Å². The standard InChI is InChI=1S/C20H13Cl3FN5O/c21-13-4-1-12(15(22)7-13)9-29-10-16(23)19(28-29)25-20(30)18-8-17(26-27-18)11-2-5-14(24)6-3-11/h1-8,10H,9H2,(H,26,27)(H,25,28,30). The number of anilines is 1.